The molecule has 0 radical (unpaired) electrons. The zero-order valence-electron chi connectivity index (χ0n) is 13.9. The molecule has 2 amide bonds. The van der Waals surface area contributed by atoms with Gasteiger partial charge in [0, 0.05) is 44.0 Å². The van der Waals surface area contributed by atoms with E-state index in [0.29, 0.717) is 30.1 Å². The highest BCUT2D eigenvalue weighted by Gasteiger charge is 2.30. The fourth-order valence-corrected chi connectivity index (χ4v) is 3.24. The SMILES string of the molecule is Cn1cc(C2CNCCN2C(=O)c2ccc3c(c2)NC(=O)CO3)cn1. The number of benzene rings is 1. The lowest BCUT2D eigenvalue weighted by Gasteiger charge is -2.36. The lowest BCUT2D eigenvalue weighted by molar-refractivity contribution is -0.118. The van der Waals surface area contributed by atoms with Crippen molar-refractivity contribution in [3.8, 4) is 5.75 Å². The molecular formula is C17H19N5O3. The molecule has 0 aliphatic carbocycles. The standard InChI is InChI=1S/C17H19N5O3/c1-21-9-12(7-19-21)14-8-18-4-5-22(14)17(24)11-2-3-15-13(6-11)20-16(23)10-25-15/h2-3,6-7,9,14,18H,4-5,8,10H2,1H3,(H,20,23). The van der Waals surface area contributed by atoms with E-state index in [1.54, 1.807) is 29.1 Å². The normalized spacial score (nSPS) is 19.8. The molecule has 4 rings (SSSR count). The van der Waals surface area contributed by atoms with Gasteiger partial charge in [-0.2, -0.15) is 5.10 Å². The number of hydrogen-bond acceptors (Lipinski definition) is 5. The predicted molar refractivity (Wildman–Crippen MR) is 90.4 cm³/mol. The molecule has 0 bridgehead atoms. The Morgan fingerprint density at radius 1 is 1.40 bits per heavy atom. The lowest BCUT2D eigenvalue weighted by atomic mass is 10.0. The van der Waals surface area contributed by atoms with Gasteiger partial charge < -0.3 is 20.3 Å². The quantitative estimate of drug-likeness (QED) is 0.832. The Balaban J connectivity index is 1.62. The van der Waals surface area contributed by atoms with Gasteiger partial charge in [-0.25, -0.2) is 0 Å². The number of amides is 2. The van der Waals surface area contributed by atoms with Crippen LogP contribution in [0.4, 0.5) is 5.69 Å². The van der Waals surface area contributed by atoms with Crippen molar-refractivity contribution in [3.63, 3.8) is 0 Å². The van der Waals surface area contributed by atoms with Crippen LogP contribution in [-0.2, 0) is 11.8 Å². The van der Waals surface area contributed by atoms with Crippen LogP contribution < -0.4 is 15.4 Å². The molecule has 130 valence electrons. The molecule has 2 aliphatic heterocycles. The molecular weight excluding hydrogens is 322 g/mol. The van der Waals surface area contributed by atoms with Crippen LogP contribution in [0, 0.1) is 0 Å². The van der Waals surface area contributed by atoms with E-state index in [2.05, 4.69) is 15.7 Å². The number of ether oxygens (including phenoxy) is 1. The van der Waals surface area contributed by atoms with Gasteiger partial charge in [-0.1, -0.05) is 0 Å². The van der Waals surface area contributed by atoms with E-state index in [0.717, 1.165) is 12.1 Å². The van der Waals surface area contributed by atoms with E-state index in [-0.39, 0.29) is 24.5 Å². The molecule has 3 heterocycles. The number of aryl methyl sites for hydroxylation is 1. The van der Waals surface area contributed by atoms with E-state index in [9.17, 15) is 9.59 Å². The van der Waals surface area contributed by atoms with E-state index in [4.69, 9.17) is 4.74 Å². The number of fused-ring (bicyclic) bond motifs is 1. The van der Waals surface area contributed by atoms with Crippen molar-refractivity contribution in [1.82, 2.24) is 20.0 Å². The molecule has 0 spiro atoms. The van der Waals surface area contributed by atoms with E-state index in [1.165, 1.54) is 0 Å². The molecule has 1 unspecified atom stereocenters. The summed E-state index contributed by atoms with van der Waals surface area (Å²) in [5, 5.41) is 10.3. The number of hydrogen-bond donors (Lipinski definition) is 2. The summed E-state index contributed by atoms with van der Waals surface area (Å²) >= 11 is 0. The molecule has 1 atom stereocenters. The minimum absolute atomic E-state index is 0.00116. The van der Waals surface area contributed by atoms with E-state index in [1.807, 2.05) is 18.1 Å². The minimum Gasteiger partial charge on any atom is -0.482 e. The van der Waals surface area contributed by atoms with Gasteiger partial charge in [0.05, 0.1) is 17.9 Å². The highest BCUT2D eigenvalue weighted by molar-refractivity contribution is 6.00. The lowest BCUT2D eigenvalue weighted by Crippen LogP contribution is -2.48. The van der Waals surface area contributed by atoms with Crippen LogP contribution in [0.15, 0.2) is 30.6 Å². The Hall–Kier alpha value is -2.87. The smallest absolute Gasteiger partial charge is 0.262 e. The Kier molecular flexibility index (Phi) is 3.89. The van der Waals surface area contributed by atoms with Crippen LogP contribution >= 0.6 is 0 Å². The first-order chi connectivity index (χ1) is 12.1. The fraction of sp³-hybridized carbons (Fsp3) is 0.353. The summed E-state index contributed by atoms with van der Waals surface area (Å²) in [4.78, 5) is 26.4. The second-order valence-electron chi connectivity index (χ2n) is 6.21. The highest BCUT2D eigenvalue weighted by Crippen LogP contribution is 2.30. The van der Waals surface area contributed by atoms with Crippen molar-refractivity contribution in [2.45, 2.75) is 6.04 Å². The summed E-state index contributed by atoms with van der Waals surface area (Å²) in [5.74, 6) is 0.297. The van der Waals surface area contributed by atoms with Gasteiger partial charge in [-0.3, -0.25) is 14.3 Å². The maximum atomic E-state index is 13.1. The third-order valence-corrected chi connectivity index (χ3v) is 4.47. The molecule has 1 saturated heterocycles. The van der Waals surface area contributed by atoms with Gasteiger partial charge in [0.15, 0.2) is 6.61 Å². The first-order valence-corrected chi connectivity index (χ1v) is 8.19. The highest BCUT2D eigenvalue weighted by atomic mass is 16.5. The van der Waals surface area contributed by atoms with E-state index >= 15 is 0 Å². The number of nitrogens with zero attached hydrogens (tertiary/aromatic N) is 3. The largest absolute Gasteiger partial charge is 0.482 e. The molecule has 2 aromatic rings. The Bertz CT molecular complexity index is 831. The number of carbonyl (C=O) groups is 2. The summed E-state index contributed by atoms with van der Waals surface area (Å²) < 4.78 is 7.09. The summed E-state index contributed by atoms with van der Waals surface area (Å²) in [6.07, 6.45) is 3.72. The molecule has 2 aliphatic rings. The Morgan fingerprint density at radius 2 is 2.28 bits per heavy atom. The van der Waals surface area contributed by atoms with E-state index < -0.39 is 0 Å². The van der Waals surface area contributed by atoms with Gasteiger partial charge in [0.1, 0.15) is 5.75 Å². The second-order valence-corrected chi connectivity index (χ2v) is 6.21. The molecule has 25 heavy (non-hydrogen) atoms. The minimum atomic E-state index is -0.215. The number of anilines is 1. The maximum Gasteiger partial charge on any atom is 0.262 e. The summed E-state index contributed by atoms with van der Waals surface area (Å²) in [5.41, 5.74) is 2.06. The molecule has 8 heteroatoms. The third kappa shape index (κ3) is 2.96. The van der Waals surface area contributed by atoms with Gasteiger partial charge in [-0.15, -0.1) is 0 Å². The van der Waals surface area contributed by atoms with Crippen molar-refractivity contribution >= 4 is 17.5 Å². The predicted octanol–water partition coefficient (Wildman–Crippen LogP) is 0.538. The molecule has 2 N–H and O–H groups in total. The van der Waals surface area contributed by atoms with Crippen LogP contribution in [0.1, 0.15) is 22.0 Å². The molecule has 1 aromatic heterocycles. The second kappa shape index (κ2) is 6.21. The average molecular weight is 341 g/mol. The van der Waals surface area contributed by atoms with Crippen molar-refractivity contribution in [2.75, 3.05) is 31.6 Å². The Morgan fingerprint density at radius 3 is 3.08 bits per heavy atom. The van der Waals surface area contributed by atoms with Gasteiger partial charge >= 0.3 is 0 Å². The number of nitrogens with one attached hydrogen (secondary N) is 2. The van der Waals surface area contributed by atoms with Crippen LogP contribution in [0.5, 0.6) is 5.75 Å². The number of rotatable bonds is 2. The first-order valence-electron chi connectivity index (χ1n) is 8.19. The number of piperazine rings is 1. The van der Waals surface area contributed by atoms with Crippen LogP contribution in [0.25, 0.3) is 0 Å². The van der Waals surface area contributed by atoms with Crippen LogP contribution in [-0.4, -0.2) is 52.7 Å². The Labute approximate surface area is 144 Å². The van der Waals surface area contributed by atoms with Crippen molar-refractivity contribution in [2.24, 2.45) is 7.05 Å². The fourth-order valence-electron chi connectivity index (χ4n) is 3.24. The van der Waals surface area contributed by atoms with Gasteiger partial charge in [0.25, 0.3) is 11.8 Å². The molecule has 8 nitrogen and oxygen atoms in total. The molecule has 1 aromatic carbocycles. The zero-order chi connectivity index (χ0) is 17.4. The first kappa shape index (κ1) is 15.6. The van der Waals surface area contributed by atoms with Crippen LogP contribution in [0.3, 0.4) is 0 Å². The summed E-state index contributed by atoms with van der Waals surface area (Å²) in [7, 11) is 1.86. The number of aromatic nitrogens is 2. The van der Waals surface area contributed by atoms with Crippen LogP contribution in [0.2, 0.25) is 0 Å². The number of carbonyl (C=O) groups excluding carboxylic acids is 2. The topological polar surface area (TPSA) is 88.5 Å². The van der Waals surface area contributed by atoms with Gasteiger partial charge in [0.2, 0.25) is 0 Å². The average Bonchev–Trinajstić information content (AvgIpc) is 3.06. The molecule has 0 saturated carbocycles. The third-order valence-electron chi connectivity index (χ3n) is 4.47. The van der Waals surface area contributed by atoms with Crippen molar-refractivity contribution in [3.05, 3.63) is 41.7 Å². The van der Waals surface area contributed by atoms with Gasteiger partial charge in [-0.05, 0) is 18.2 Å². The maximum absolute atomic E-state index is 13.1. The van der Waals surface area contributed by atoms with Crippen molar-refractivity contribution in [1.29, 1.82) is 0 Å². The monoisotopic (exact) mass is 341 g/mol. The zero-order valence-corrected chi connectivity index (χ0v) is 13.9. The summed E-state index contributed by atoms with van der Waals surface area (Å²) in [6.45, 7) is 2.04. The molecule has 1 fully saturated rings. The summed E-state index contributed by atoms with van der Waals surface area (Å²) in [6, 6.07) is 5.07. The van der Waals surface area contributed by atoms with Crippen molar-refractivity contribution < 1.29 is 14.3 Å².